The van der Waals surface area contributed by atoms with E-state index in [1.165, 1.54) is 6.92 Å². The van der Waals surface area contributed by atoms with E-state index in [-0.39, 0.29) is 5.70 Å². The minimum absolute atomic E-state index is 0.110. The van der Waals surface area contributed by atoms with E-state index in [9.17, 15) is 14.9 Å². The maximum absolute atomic E-state index is 11.3. The number of nitrogens with zero attached hydrogens (tertiary/aromatic N) is 1. The van der Waals surface area contributed by atoms with Crippen LogP contribution >= 0.6 is 15.9 Å². The molecule has 0 spiro atoms. The van der Waals surface area contributed by atoms with Gasteiger partial charge in [-0.15, -0.1) is 0 Å². The van der Waals surface area contributed by atoms with E-state index in [0.717, 1.165) is 11.6 Å². The van der Waals surface area contributed by atoms with Crippen LogP contribution in [0.5, 0.6) is 0 Å². The molecule has 18 heavy (non-hydrogen) atoms. The number of hydrogen-bond acceptors (Lipinski definition) is 5. The predicted molar refractivity (Wildman–Crippen MR) is 69.5 cm³/mol. The molecule has 1 N–H and O–H groups in total. The Bertz CT molecular complexity index is 514. The summed E-state index contributed by atoms with van der Waals surface area (Å²) in [5.41, 5.74) is 0.116. The van der Waals surface area contributed by atoms with Crippen molar-refractivity contribution in [3.05, 3.63) is 50.2 Å². The van der Waals surface area contributed by atoms with E-state index < -0.39 is 16.6 Å². The van der Waals surface area contributed by atoms with Gasteiger partial charge in [0.05, 0.1) is 23.4 Å². The number of ether oxygens (including phenoxy) is 1. The molecule has 0 aliphatic heterocycles. The first-order chi connectivity index (χ1) is 8.47. The van der Waals surface area contributed by atoms with Gasteiger partial charge in [-0.3, -0.25) is 10.1 Å². The zero-order valence-corrected chi connectivity index (χ0v) is 11.4. The summed E-state index contributed by atoms with van der Waals surface area (Å²) in [5, 5.41) is 13.6. The van der Waals surface area contributed by atoms with E-state index in [0.29, 0.717) is 5.69 Å². The first kappa shape index (κ1) is 14.2. The third-order valence-corrected chi connectivity index (χ3v) is 2.80. The van der Waals surface area contributed by atoms with Crippen LogP contribution in [0, 0.1) is 10.1 Å². The lowest BCUT2D eigenvalue weighted by atomic mass is 10.3. The van der Waals surface area contributed by atoms with Gasteiger partial charge < -0.3 is 10.1 Å². The molecule has 0 aliphatic rings. The highest BCUT2D eigenvalue weighted by Gasteiger charge is 2.26. The van der Waals surface area contributed by atoms with Crippen molar-refractivity contribution in [1.29, 1.82) is 0 Å². The number of esters is 1. The second-order valence-corrected chi connectivity index (χ2v) is 4.18. The highest BCUT2D eigenvalue weighted by molar-refractivity contribution is 9.10. The highest BCUT2D eigenvalue weighted by atomic mass is 79.9. The van der Waals surface area contributed by atoms with Gasteiger partial charge in [0, 0.05) is 4.47 Å². The molecule has 0 saturated carbocycles. The zero-order chi connectivity index (χ0) is 13.7. The Labute approximate surface area is 112 Å². The van der Waals surface area contributed by atoms with Crippen molar-refractivity contribution in [3.63, 3.8) is 0 Å². The molecule has 0 saturated heterocycles. The summed E-state index contributed by atoms with van der Waals surface area (Å²) in [4.78, 5) is 21.3. The van der Waals surface area contributed by atoms with Crippen molar-refractivity contribution in [2.24, 2.45) is 0 Å². The fraction of sp³-hybridized carbons (Fsp3) is 0.182. The maximum atomic E-state index is 11.3. The summed E-state index contributed by atoms with van der Waals surface area (Å²) >= 11 is 3.29. The van der Waals surface area contributed by atoms with Crippen molar-refractivity contribution in [2.75, 3.05) is 12.4 Å². The Morgan fingerprint density at radius 1 is 1.44 bits per heavy atom. The van der Waals surface area contributed by atoms with Crippen LogP contribution in [0.15, 0.2) is 40.1 Å². The van der Waals surface area contributed by atoms with Crippen LogP contribution in [0.1, 0.15) is 6.92 Å². The van der Waals surface area contributed by atoms with Crippen LogP contribution in [-0.2, 0) is 9.53 Å². The van der Waals surface area contributed by atoms with Gasteiger partial charge in [0.1, 0.15) is 0 Å². The number of halogens is 1. The number of allylic oxidation sites excluding steroid dienone is 1. The van der Waals surface area contributed by atoms with Gasteiger partial charge in [0.25, 0.3) is 0 Å². The maximum Gasteiger partial charge on any atom is 0.411 e. The second-order valence-electron chi connectivity index (χ2n) is 3.33. The Hall–Kier alpha value is -1.89. The summed E-state index contributed by atoms with van der Waals surface area (Å²) in [6, 6.07) is 7.08. The number of anilines is 1. The molecule has 1 aromatic rings. The smallest absolute Gasteiger partial charge is 0.411 e. The van der Waals surface area contributed by atoms with Crippen LogP contribution < -0.4 is 5.32 Å². The molecule has 0 radical (unpaired) electrons. The summed E-state index contributed by atoms with van der Waals surface area (Å²) in [6.07, 6.45) is 0. The second kappa shape index (κ2) is 6.15. The molecular formula is C11H11BrN2O4. The highest BCUT2D eigenvalue weighted by Crippen LogP contribution is 2.23. The van der Waals surface area contributed by atoms with Gasteiger partial charge in [0.2, 0.25) is 0 Å². The third kappa shape index (κ3) is 3.30. The van der Waals surface area contributed by atoms with Crippen LogP contribution in [0.3, 0.4) is 0 Å². The number of carbonyl (C=O) groups is 1. The fourth-order valence-corrected chi connectivity index (χ4v) is 1.67. The van der Waals surface area contributed by atoms with Crippen molar-refractivity contribution >= 4 is 27.6 Å². The lowest BCUT2D eigenvalue weighted by molar-refractivity contribution is -0.422. The lowest BCUT2D eigenvalue weighted by Gasteiger charge is -2.08. The Kier molecular flexibility index (Phi) is 4.85. The summed E-state index contributed by atoms with van der Waals surface area (Å²) in [5.74, 6) is -0.989. The van der Waals surface area contributed by atoms with Crippen LogP contribution in [0.2, 0.25) is 0 Å². The summed E-state index contributed by atoms with van der Waals surface area (Å²) < 4.78 is 5.11. The van der Waals surface area contributed by atoms with E-state index in [2.05, 4.69) is 26.0 Å². The SMILES string of the molecule is COC(=O)/C(=C(/C)Nc1ccccc1Br)[N+](=O)[O-]. The standard InChI is InChI=1S/C11H11BrN2O4/c1-7(10(14(16)17)11(15)18-2)13-9-6-4-3-5-8(9)12/h3-6,13H,1-2H3/b10-7+. The largest absolute Gasteiger partial charge is 0.461 e. The quantitative estimate of drug-likeness (QED) is 0.400. The summed E-state index contributed by atoms with van der Waals surface area (Å²) in [6.45, 7) is 1.44. The minimum atomic E-state index is -0.989. The number of para-hydroxylation sites is 1. The van der Waals surface area contributed by atoms with Crippen molar-refractivity contribution in [2.45, 2.75) is 6.92 Å². The molecule has 7 heteroatoms. The van der Waals surface area contributed by atoms with Gasteiger partial charge >= 0.3 is 11.7 Å². The van der Waals surface area contributed by atoms with Crippen molar-refractivity contribution in [3.8, 4) is 0 Å². The first-order valence-electron chi connectivity index (χ1n) is 4.92. The molecule has 96 valence electrons. The lowest BCUT2D eigenvalue weighted by Crippen LogP contribution is -2.17. The number of methoxy groups -OCH3 is 1. The number of nitro groups is 1. The fourth-order valence-electron chi connectivity index (χ4n) is 1.29. The molecule has 0 bridgehead atoms. The number of rotatable bonds is 4. The number of nitrogens with one attached hydrogen (secondary N) is 1. The number of carbonyl (C=O) groups excluding carboxylic acids is 1. The molecule has 6 nitrogen and oxygen atoms in total. The molecule has 0 aromatic heterocycles. The molecule has 0 amide bonds. The average Bonchev–Trinajstić information content (AvgIpc) is 2.31. The van der Waals surface area contributed by atoms with E-state index in [1.807, 2.05) is 6.07 Å². The molecule has 0 aliphatic carbocycles. The third-order valence-electron chi connectivity index (χ3n) is 2.11. The predicted octanol–water partition coefficient (Wildman–Crippen LogP) is 2.54. The summed E-state index contributed by atoms with van der Waals surface area (Å²) in [7, 11) is 1.09. The molecule has 1 rings (SSSR count). The average molecular weight is 315 g/mol. The van der Waals surface area contributed by atoms with Gasteiger partial charge in [-0.2, -0.15) is 0 Å². The van der Waals surface area contributed by atoms with Gasteiger partial charge in [-0.1, -0.05) is 12.1 Å². The van der Waals surface area contributed by atoms with Gasteiger partial charge in [-0.05, 0) is 35.0 Å². The van der Waals surface area contributed by atoms with Gasteiger partial charge in [-0.25, -0.2) is 4.79 Å². The molecule has 0 heterocycles. The minimum Gasteiger partial charge on any atom is -0.461 e. The van der Waals surface area contributed by atoms with Crippen LogP contribution in [0.4, 0.5) is 5.69 Å². The van der Waals surface area contributed by atoms with E-state index in [1.54, 1.807) is 18.2 Å². The first-order valence-corrected chi connectivity index (χ1v) is 5.71. The molecule has 0 fully saturated rings. The van der Waals surface area contributed by atoms with Crippen molar-refractivity contribution in [1.82, 2.24) is 0 Å². The Morgan fingerprint density at radius 3 is 2.56 bits per heavy atom. The topological polar surface area (TPSA) is 81.5 Å². The number of hydrogen-bond donors (Lipinski definition) is 1. The Morgan fingerprint density at radius 2 is 2.06 bits per heavy atom. The van der Waals surface area contributed by atoms with E-state index >= 15 is 0 Å². The zero-order valence-electron chi connectivity index (χ0n) is 9.77. The molecule has 0 atom stereocenters. The number of benzene rings is 1. The molecular weight excluding hydrogens is 304 g/mol. The Balaban J connectivity index is 3.10. The van der Waals surface area contributed by atoms with Crippen LogP contribution in [0.25, 0.3) is 0 Å². The normalized spacial score (nSPS) is 11.5. The van der Waals surface area contributed by atoms with E-state index in [4.69, 9.17) is 0 Å². The monoisotopic (exact) mass is 314 g/mol. The van der Waals surface area contributed by atoms with Crippen LogP contribution in [-0.4, -0.2) is 18.0 Å². The molecule has 1 aromatic carbocycles. The van der Waals surface area contributed by atoms with Gasteiger partial charge in [0.15, 0.2) is 0 Å². The molecule has 0 unspecified atom stereocenters. The van der Waals surface area contributed by atoms with Crippen molar-refractivity contribution < 1.29 is 14.5 Å².